The van der Waals surface area contributed by atoms with Crippen molar-refractivity contribution in [1.82, 2.24) is 19.6 Å². The van der Waals surface area contributed by atoms with E-state index in [1.807, 2.05) is 0 Å². The Morgan fingerprint density at radius 1 is 1.21 bits per heavy atom. The predicted octanol–water partition coefficient (Wildman–Crippen LogP) is 1.57. The number of anilines is 1. The summed E-state index contributed by atoms with van der Waals surface area (Å²) in [6, 6.07) is 8.14. The quantitative estimate of drug-likeness (QED) is 0.433. The van der Waals surface area contributed by atoms with Gasteiger partial charge in [-0.25, -0.2) is 17.8 Å². The van der Waals surface area contributed by atoms with Crippen molar-refractivity contribution in [3.05, 3.63) is 73.8 Å². The number of nitro groups is 1. The summed E-state index contributed by atoms with van der Waals surface area (Å²) in [6.45, 7) is 3.24. The number of carbonyl (C=O) groups is 1. The lowest BCUT2D eigenvalue weighted by Gasteiger charge is -2.14. The molecule has 0 radical (unpaired) electrons. The molecule has 1 unspecified atom stereocenters. The molecule has 3 heterocycles. The van der Waals surface area contributed by atoms with Gasteiger partial charge in [-0.05, 0) is 26.3 Å². The van der Waals surface area contributed by atoms with Gasteiger partial charge >= 0.3 is 0 Å². The third-order valence-electron chi connectivity index (χ3n) is 5.28. The summed E-state index contributed by atoms with van der Waals surface area (Å²) in [5, 5.41) is 22.4. The number of benzene rings is 1. The van der Waals surface area contributed by atoms with Crippen LogP contribution in [0.5, 0.6) is 0 Å². The highest BCUT2D eigenvalue weighted by molar-refractivity contribution is 7.91. The van der Waals surface area contributed by atoms with Crippen molar-refractivity contribution in [2.75, 3.05) is 16.8 Å². The number of sulfone groups is 1. The Kier molecular flexibility index (Phi) is 5.57. The molecule has 1 aliphatic rings. The second-order valence-corrected chi connectivity index (χ2v) is 10.0. The van der Waals surface area contributed by atoms with E-state index in [1.54, 1.807) is 26.0 Å². The summed E-state index contributed by atoms with van der Waals surface area (Å²) in [5.41, 5.74) is -0.397. The topological polar surface area (TPSA) is 159 Å². The molecule has 13 heteroatoms. The number of para-hydroxylation sites is 2. The van der Waals surface area contributed by atoms with Crippen LogP contribution in [0.2, 0.25) is 0 Å². The highest BCUT2D eigenvalue weighted by atomic mass is 32.2. The van der Waals surface area contributed by atoms with Crippen LogP contribution in [0.1, 0.15) is 34.3 Å². The van der Waals surface area contributed by atoms with E-state index in [-0.39, 0.29) is 28.7 Å². The lowest BCUT2D eigenvalue weighted by Crippen LogP contribution is -2.28. The standard InChI is InChI=1S/C20H20N6O6S/c1-12-9-18(25(22-12)14-7-8-33(31,32)11-14)21-20(28)19-17(27)10-13(2)24(23-19)15-5-3-4-6-16(15)26(29)30/h3-6,9-10,14H,7-8,11H2,1-2H3,(H,21,28). The van der Waals surface area contributed by atoms with E-state index in [0.717, 1.165) is 0 Å². The minimum Gasteiger partial charge on any atom is -0.305 e. The summed E-state index contributed by atoms with van der Waals surface area (Å²) in [4.78, 5) is 36.3. The summed E-state index contributed by atoms with van der Waals surface area (Å²) in [5.74, 6) is -0.665. The van der Waals surface area contributed by atoms with Gasteiger partial charge in [0.05, 0.1) is 28.2 Å². The summed E-state index contributed by atoms with van der Waals surface area (Å²) in [7, 11) is -3.18. The fraction of sp³-hybridized carbons (Fsp3) is 0.300. The minimum atomic E-state index is -3.18. The van der Waals surface area contributed by atoms with Gasteiger partial charge in [0, 0.05) is 23.9 Å². The Morgan fingerprint density at radius 2 is 1.94 bits per heavy atom. The minimum absolute atomic E-state index is 0.0318. The fourth-order valence-corrected chi connectivity index (χ4v) is 5.47. The number of hydrogen-bond acceptors (Lipinski definition) is 8. The number of aryl methyl sites for hydroxylation is 2. The van der Waals surface area contributed by atoms with E-state index < -0.39 is 37.8 Å². The first kappa shape index (κ1) is 22.3. The van der Waals surface area contributed by atoms with Crippen LogP contribution in [0.3, 0.4) is 0 Å². The number of hydrogen-bond donors (Lipinski definition) is 1. The molecule has 12 nitrogen and oxygen atoms in total. The molecule has 1 fully saturated rings. The second kappa shape index (κ2) is 8.24. The molecular weight excluding hydrogens is 452 g/mol. The number of aromatic nitrogens is 4. The van der Waals surface area contributed by atoms with Gasteiger partial charge in [-0.2, -0.15) is 10.2 Å². The molecule has 0 saturated carbocycles. The van der Waals surface area contributed by atoms with Gasteiger partial charge in [0.15, 0.2) is 15.5 Å². The number of rotatable bonds is 5. The van der Waals surface area contributed by atoms with Gasteiger partial charge in [0.1, 0.15) is 11.5 Å². The number of amides is 1. The summed E-state index contributed by atoms with van der Waals surface area (Å²) < 4.78 is 26.3. The van der Waals surface area contributed by atoms with Gasteiger partial charge in [0.2, 0.25) is 5.43 Å². The molecule has 4 rings (SSSR count). The molecule has 1 aliphatic heterocycles. The van der Waals surface area contributed by atoms with Crippen molar-refractivity contribution in [1.29, 1.82) is 0 Å². The maximum atomic E-state index is 13.0. The molecule has 0 aliphatic carbocycles. The van der Waals surface area contributed by atoms with Crippen LogP contribution in [0.25, 0.3) is 5.69 Å². The number of nitrogens with one attached hydrogen (secondary N) is 1. The average molecular weight is 472 g/mol. The van der Waals surface area contributed by atoms with Crippen molar-refractivity contribution in [2.24, 2.45) is 0 Å². The van der Waals surface area contributed by atoms with Crippen molar-refractivity contribution in [3.8, 4) is 5.69 Å². The molecule has 0 spiro atoms. The molecule has 0 bridgehead atoms. The highest BCUT2D eigenvalue weighted by Gasteiger charge is 2.32. The van der Waals surface area contributed by atoms with Gasteiger partial charge < -0.3 is 5.32 Å². The van der Waals surface area contributed by atoms with Crippen molar-refractivity contribution < 1.29 is 18.1 Å². The smallest absolute Gasteiger partial charge is 0.294 e. The maximum Gasteiger partial charge on any atom is 0.294 e. The predicted molar refractivity (Wildman–Crippen MR) is 118 cm³/mol. The van der Waals surface area contributed by atoms with Crippen molar-refractivity contribution in [2.45, 2.75) is 26.3 Å². The van der Waals surface area contributed by atoms with Crippen LogP contribution >= 0.6 is 0 Å². The Hall–Kier alpha value is -3.87. The van der Waals surface area contributed by atoms with Gasteiger partial charge in [-0.15, -0.1) is 0 Å². The molecule has 1 aromatic carbocycles. The first-order valence-electron chi connectivity index (χ1n) is 9.98. The number of carbonyl (C=O) groups excluding carboxylic acids is 1. The molecular formula is C20H20N6O6S. The Labute approximate surface area is 187 Å². The SMILES string of the molecule is Cc1cc(NC(=O)c2nn(-c3ccccc3[N+](=O)[O-])c(C)cc2=O)n(C2CCS(=O)(=O)C2)n1. The third kappa shape index (κ3) is 4.39. The zero-order chi connectivity index (χ0) is 23.9. The van der Waals surface area contributed by atoms with E-state index in [4.69, 9.17) is 0 Å². The van der Waals surface area contributed by atoms with Crippen LogP contribution in [-0.2, 0) is 9.84 Å². The first-order valence-corrected chi connectivity index (χ1v) is 11.8. The van der Waals surface area contributed by atoms with Crippen LogP contribution in [0.15, 0.2) is 41.2 Å². The monoisotopic (exact) mass is 472 g/mol. The molecule has 3 aromatic rings. The maximum absolute atomic E-state index is 13.0. The van der Waals surface area contributed by atoms with Crippen molar-refractivity contribution >= 4 is 27.2 Å². The van der Waals surface area contributed by atoms with E-state index in [1.165, 1.54) is 33.6 Å². The lowest BCUT2D eigenvalue weighted by atomic mass is 10.2. The second-order valence-electron chi connectivity index (χ2n) is 7.78. The van der Waals surface area contributed by atoms with E-state index in [2.05, 4.69) is 15.5 Å². The molecule has 2 aromatic heterocycles. The van der Waals surface area contributed by atoms with Gasteiger partial charge in [-0.3, -0.25) is 19.7 Å². The zero-order valence-corrected chi connectivity index (χ0v) is 18.6. The van der Waals surface area contributed by atoms with E-state index >= 15 is 0 Å². The van der Waals surface area contributed by atoms with Crippen LogP contribution in [-0.4, -0.2) is 50.3 Å². The highest BCUT2D eigenvalue weighted by Crippen LogP contribution is 2.27. The lowest BCUT2D eigenvalue weighted by molar-refractivity contribution is -0.384. The van der Waals surface area contributed by atoms with Crippen molar-refractivity contribution in [3.63, 3.8) is 0 Å². The number of nitrogens with zero attached hydrogens (tertiary/aromatic N) is 5. The molecule has 172 valence electrons. The van der Waals surface area contributed by atoms with Gasteiger partial charge in [0.25, 0.3) is 11.6 Å². The van der Waals surface area contributed by atoms with E-state index in [0.29, 0.717) is 17.8 Å². The van der Waals surface area contributed by atoms with E-state index in [9.17, 15) is 28.1 Å². The summed E-state index contributed by atoms with van der Waals surface area (Å²) in [6.07, 6.45) is 0.361. The number of nitro benzene ring substituents is 1. The zero-order valence-electron chi connectivity index (χ0n) is 17.8. The average Bonchev–Trinajstić information content (AvgIpc) is 3.29. The molecule has 1 N–H and O–H groups in total. The largest absolute Gasteiger partial charge is 0.305 e. The molecule has 1 atom stereocenters. The van der Waals surface area contributed by atoms with Crippen LogP contribution in [0, 0.1) is 24.0 Å². The fourth-order valence-electron chi connectivity index (χ4n) is 3.78. The molecule has 1 amide bonds. The Bertz CT molecular complexity index is 1440. The van der Waals surface area contributed by atoms with Crippen LogP contribution in [0.4, 0.5) is 11.5 Å². The van der Waals surface area contributed by atoms with Crippen LogP contribution < -0.4 is 10.7 Å². The molecule has 1 saturated heterocycles. The van der Waals surface area contributed by atoms with Gasteiger partial charge in [-0.1, -0.05) is 12.1 Å². The first-order chi connectivity index (χ1) is 15.6. The molecule has 33 heavy (non-hydrogen) atoms. The Balaban J connectivity index is 1.71. The summed E-state index contributed by atoms with van der Waals surface area (Å²) >= 11 is 0. The normalized spacial score (nSPS) is 17.1. The third-order valence-corrected chi connectivity index (χ3v) is 7.03. The Morgan fingerprint density at radius 3 is 2.61 bits per heavy atom.